The highest BCUT2D eigenvalue weighted by Gasteiger charge is 2.18. The Morgan fingerprint density at radius 1 is 1.03 bits per heavy atom. The number of amides is 1. The van der Waals surface area contributed by atoms with Gasteiger partial charge in [-0.05, 0) is 12.1 Å². The van der Waals surface area contributed by atoms with Crippen LogP contribution in [0, 0.1) is 5.82 Å². The Balaban J connectivity index is 1.77. The molecule has 34 heavy (non-hydrogen) atoms. The predicted molar refractivity (Wildman–Crippen MR) is 130 cm³/mol. The molecular weight excluding hydrogens is 510 g/mol. The molecule has 3 aromatic rings. The molecule has 2 aromatic carbocycles. The highest BCUT2D eigenvalue weighted by atomic mass is 35.5. The van der Waals surface area contributed by atoms with Gasteiger partial charge in [-0.2, -0.15) is 0 Å². The molecule has 8 nitrogen and oxygen atoms in total. The normalized spacial score (nSPS) is 10.6. The standard InChI is InChI=1S/C22H20Cl3FN4O4/c1-4-18(31)29-15-6-11(26)5-14(23)21(15)30-22-27-8-12(9-28-22)34-10-13-19(24)16(32-2)7-17(33-3)20(13)25/h5-9H,4,10H2,1-3H3,(H,29,31)(H,27,28,30). The molecule has 0 fully saturated rings. The van der Waals surface area contributed by atoms with E-state index in [9.17, 15) is 9.18 Å². The molecule has 2 N–H and O–H groups in total. The summed E-state index contributed by atoms with van der Waals surface area (Å²) < 4.78 is 30.0. The number of nitrogens with zero attached hydrogens (tertiary/aromatic N) is 2. The van der Waals surface area contributed by atoms with Crippen LogP contribution in [0.15, 0.2) is 30.6 Å². The summed E-state index contributed by atoms with van der Waals surface area (Å²) in [5, 5.41) is 6.10. The van der Waals surface area contributed by atoms with Crippen LogP contribution in [0.3, 0.4) is 0 Å². The van der Waals surface area contributed by atoms with Crippen LogP contribution in [-0.2, 0) is 11.4 Å². The zero-order valence-electron chi connectivity index (χ0n) is 18.3. The van der Waals surface area contributed by atoms with Gasteiger partial charge < -0.3 is 24.8 Å². The molecule has 1 heterocycles. The summed E-state index contributed by atoms with van der Waals surface area (Å²) in [4.78, 5) is 20.1. The summed E-state index contributed by atoms with van der Waals surface area (Å²) in [6.07, 6.45) is 3.04. The summed E-state index contributed by atoms with van der Waals surface area (Å²) in [7, 11) is 2.95. The number of hydrogen-bond acceptors (Lipinski definition) is 7. The SMILES string of the molecule is CCC(=O)Nc1cc(F)cc(Cl)c1Nc1ncc(OCc2c(Cl)c(OC)cc(OC)c2Cl)cn1. The van der Waals surface area contributed by atoms with Crippen molar-refractivity contribution < 1.29 is 23.4 Å². The van der Waals surface area contributed by atoms with E-state index < -0.39 is 5.82 Å². The van der Waals surface area contributed by atoms with Gasteiger partial charge in [0, 0.05) is 18.1 Å². The van der Waals surface area contributed by atoms with Gasteiger partial charge in [0.05, 0.1) is 53.1 Å². The molecule has 0 unspecified atom stereocenters. The Kier molecular flexibility index (Phi) is 8.60. The summed E-state index contributed by atoms with van der Waals surface area (Å²) in [6, 6.07) is 3.84. The second kappa shape index (κ2) is 11.4. The molecular formula is C22H20Cl3FN4O4. The maximum atomic E-state index is 13.8. The molecule has 0 saturated carbocycles. The molecule has 0 radical (unpaired) electrons. The second-order valence-corrected chi connectivity index (χ2v) is 7.92. The number of ether oxygens (including phenoxy) is 3. The van der Waals surface area contributed by atoms with Crippen molar-refractivity contribution in [3.8, 4) is 17.2 Å². The highest BCUT2D eigenvalue weighted by molar-refractivity contribution is 6.37. The van der Waals surface area contributed by atoms with E-state index in [0.29, 0.717) is 32.9 Å². The third-order valence-corrected chi connectivity index (χ3v) is 5.69. The first-order chi connectivity index (χ1) is 16.3. The predicted octanol–water partition coefficient (Wildman–Crippen LogP) is 6.26. The Morgan fingerprint density at radius 3 is 2.21 bits per heavy atom. The summed E-state index contributed by atoms with van der Waals surface area (Å²) >= 11 is 18.9. The van der Waals surface area contributed by atoms with E-state index in [-0.39, 0.29) is 41.3 Å². The van der Waals surface area contributed by atoms with E-state index >= 15 is 0 Å². The first-order valence-electron chi connectivity index (χ1n) is 9.86. The zero-order chi connectivity index (χ0) is 24.8. The lowest BCUT2D eigenvalue weighted by Gasteiger charge is -2.15. The first kappa shape index (κ1) is 25.6. The van der Waals surface area contributed by atoms with Crippen LogP contribution >= 0.6 is 34.8 Å². The van der Waals surface area contributed by atoms with E-state index in [1.807, 2.05) is 0 Å². The van der Waals surface area contributed by atoms with Crippen LogP contribution < -0.4 is 24.8 Å². The summed E-state index contributed by atoms with van der Waals surface area (Å²) in [6.45, 7) is 1.67. The van der Waals surface area contributed by atoms with E-state index in [0.717, 1.165) is 12.1 Å². The third kappa shape index (κ3) is 5.91. The fraction of sp³-hybridized carbons (Fsp3) is 0.227. The number of methoxy groups -OCH3 is 2. The number of hydrogen-bond donors (Lipinski definition) is 2. The Morgan fingerprint density at radius 2 is 1.65 bits per heavy atom. The van der Waals surface area contributed by atoms with Crippen LogP contribution in [0.2, 0.25) is 15.1 Å². The molecule has 1 aromatic heterocycles. The molecule has 180 valence electrons. The van der Waals surface area contributed by atoms with E-state index in [4.69, 9.17) is 49.0 Å². The monoisotopic (exact) mass is 528 g/mol. The average Bonchev–Trinajstić information content (AvgIpc) is 2.82. The van der Waals surface area contributed by atoms with Crippen molar-refractivity contribution >= 4 is 58.0 Å². The molecule has 0 aliphatic rings. The smallest absolute Gasteiger partial charge is 0.227 e. The molecule has 1 amide bonds. The van der Waals surface area contributed by atoms with Gasteiger partial charge in [0.2, 0.25) is 11.9 Å². The summed E-state index contributed by atoms with van der Waals surface area (Å²) in [5.41, 5.74) is 0.883. The number of carbonyl (C=O) groups excluding carboxylic acids is 1. The third-order valence-electron chi connectivity index (χ3n) is 4.56. The minimum atomic E-state index is -0.599. The molecule has 0 saturated heterocycles. The molecule has 0 spiro atoms. The Labute approximate surface area is 210 Å². The van der Waals surface area contributed by atoms with Crippen molar-refractivity contribution in [1.29, 1.82) is 0 Å². The van der Waals surface area contributed by atoms with Gasteiger partial charge in [-0.3, -0.25) is 4.79 Å². The zero-order valence-corrected chi connectivity index (χ0v) is 20.6. The molecule has 3 rings (SSSR count). The number of aromatic nitrogens is 2. The van der Waals surface area contributed by atoms with Gasteiger partial charge in [0.15, 0.2) is 5.75 Å². The van der Waals surface area contributed by atoms with Gasteiger partial charge in [0.1, 0.15) is 23.9 Å². The topological polar surface area (TPSA) is 94.6 Å². The van der Waals surface area contributed by atoms with Gasteiger partial charge >= 0.3 is 0 Å². The number of carbonyl (C=O) groups is 1. The van der Waals surface area contributed by atoms with Gasteiger partial charge in [-0.25, -0.2) is 14.4 Å². The first-order valence-corrected chi connectivity index (χ1v) is 11.0. The maximum absolute atomic E-state index is 13.8. The number of rotatable bonds is 9. The highest BCUT2D eigenvalue weighted by Crippen LogP contribution is 2.41. The average molecular weight is 530 g/mol. The van der Waals surface area contributed by atoms with Crippen LogP contribution in [0.25, 0.3) is 0 Å². The van der Waals surface area contributed by atoms with Crippen LogP contribution in [0.1, 0.15) is 18.9 Å². The molecule has 0 bridgehead atoms. The lowest BCUT2D eigenvalue weighted by molar-refractivity contribution is -0.115. The fourth-order valence-electron chi connectivity index (χ4n) is 2.82. The quantitative estimate of drug-likeness (QED) is 0.338. The number of nitrogens with one attached hydrogen (secondary N) is 2. The molecule has 0 aliphatic carbocycles. The van der Waals surface area contributed by atoms with Crippen molar-refractivity contribution in [1.82, 2.24) is 9.97 Å². The van der Waals surface area contributed by atoms with Crippen LogP contribution in [0.5, 0.6) is 17.2 Å². The van der Waals surface area contributed by atoms with Crippen molar-refractivity contribution in [3.63, 3.8) is 0 Å². The number of halogens is 4. The van der Waals surface area contributed by atoms with Crippen molar-refractivity contribution in [2.45, 2.75) is 20.0 Å². The number of anilines is 3. The molecule has 0 atom stereocenters. The van der Waals surface area contributed by atoms with Crippen molar-refractivity contribution in [2.24, 2.45) is 0 Å². The van der Waals surface area contributed by atoms with E-state index in [1.54, 1.807) is 13.0 Å². The molecule has 0 aliphatic heterocycles. The van der Waals surface area contributed by atoms with Crippen molar-refractivity contribution in [2.75, 3.05) is 24.9 Å². The lowest BCUT2D eigenvalue weighted by atomic mass is 10.2. The van der Waals surface area contributed by atoms with E-state index in [2.05, 4.69) is 20.6 Å². The Hall–Kier alpha value is -3.01. The van der Waals surface area contributed by atoms with Gasteiger partial charge in [-0.15, -0.1) is 0 Å². The van der Waals surface area contributed by atoms with Crippen LogP contribution in [0.4, 0.5) is 21.7 Å². The van der Waals surface area contributed by atoms with Gasteiger partial charge in [0.25, 0.3) is 0 Å². The Bertz CT molecular complexity index is 1170. The second-order valence-electron chi connectivity index (χ2n) is 6.76. The largest absolute Gasteiger partial charge is 0.495 e. The van der Waals surface area contributed by atoms with Crippen molar-refractivity contribution in [3.05, 3.63) is 57.0 Å². The van der Waals surface area contributed by atoms with Crippen LogP contribution in [-0.4, -0.2) is 30.1 Å². The molecule has 12 heteroatoms. The minimum Gasteiger partial charge on any atom is -0.495 e. The lowest BCUT2D eigenvalue weighted by Crippen LogP contribution is -2.12. The van der Waals surface area contributed by atoms with E-state index in [1.165, 1.54) is 26.6 Å². The summed E-state index contributed by atoms with van der Waals surface area (Å²) in [5.74, 6) is 0.342. The maximum Gasteiger partial charge on any atom is 0.227 e. The fourth-order valence-corrected chi connectivity index (χ4v) is 3.69. The number of benzene rings is 2. The minimum absolute atomic E-state index is 0.00164. The van der Waals surface area contributed by atoms with Gasteiger partial charge in [-0.1, -0.05) is 41.7 Å².